The van der Waals surface area contributed by atoms with E-state index in [9.17, 15) is 14.6 Å². The molecular formula is C23H24ClFN6O2. The van der Waals surface area contributed by atoms with E-state index >= 15 is 0 Å². The van der Waals surface area contributed by atoms with Gasteiger partial charge in [-0.25, -0.2) is 18.9 Å². The zero-order valence-corrected chi connectivity index (χ0v) is 18.7. The SMILES string of the molecule is C[C@]1(CCc2cc(F)c3cc(Cl)c(N)nc3c2)C[C@@H](c2ccc3c(N)ncnn23)[C@H](O)[C@@H]1O. The van der Waals surface area contributed by atoms with Crippen LogP contribution in [0.4, 0.5) is 16.0 Å². The fourth-order valence-corrected chi connectivity index (χ4v) is 5.16. The highest BCUT2D eigenvalue weighted by molar-refractivity contribution is 6.33. The van der Waals surface area contributed by atoms with Crippen LogP contribution in [0, 0.1) is 11.2 Å². The van der Waals surface area contributed by atoms with Crippen molar-refractivity contribution in [3.63, 3.8) is 0 Å². The van der Waals surface area contributed by atoms with Gasteiger partial charge in [-0.1, -0.05) is 18.5 Å². The highest BCUT2D eigenvalue weighted by atomic mass is 35.5. The van der Waals surface area contributed by atoms with Gasteiger partial charge in [-0.15, -0.1) is 0 Å². The van der Waals surface area contributed by atoms with Crippen LogP contribution < -0.4 is 11.5 Å². The van der Waals surface area contributed by atoms with Crippen LogP contribution in [-0.4, -0.2) is 42.0 Å². The van der Waals surface area contributed by atoms with Crippen LogP contribution in [-0.2, 0) is 6.42 Å². The van der Waals surface area contributed by atoms with E-state index in [0.29, 0.717) is 41.5 Å². The molecule has 172 valence electrons. The minimum Gasteiger partial charge on any atom is -0.390 e. The van der Waals surface area contributed by atoms with Crippen LogP contribution in [0.5, 0.6) is 0 Å². The second-order valence-corrected chi connectivity index (χ2v) is 9.51. The van der Waals surface area contributed by atoms with E-state index in [2.05, 4.69) is 15.1 Å². The molecule has 1 aromatic carbocycles. The largest absolute Gasteiger partial charge is 0.390 e. The van der Waals surface area contributed by atoms with Crippen molar-refractivity contribution in [3.05, 3.63) is 58.8 Å². The average molecular weight is 471 g/mol. The summed E-state index contributed by atoms with van der Waals surface area (Å²) < 4.78 is 16.3. The summed E-state index contributed by atoms with van der Waals surface area (Å²) in [6, 6.07) is 8.37. The number of hydrogen-bond donors (Lipinski definition) is 4. The highest BCUT2D eigenvalue weighted by Gasteiger charge is 2.50. The summed E-state index contributed by atoms with van der Waals surface area (Å²) in [4.78, 5) is 8.19. The van der Waals surface area contributed by atoms with E-state index in [1.807, 2.05) is 19.1 Å². The number of aryl methyl sites for hydroxylation is 1. The molecule has 0 aliphatic heterocycles. The molecule has 1 aliphatic carbocycles. The van der Waals surface area contributed by atoms with Crippen LogP contribution in [0.25, 0.3) is 16.4 Å². The molecule has 4 aromatic rings. The van der Waals surface area contributed by atoms with E-state index < -0.39 is 23.4 Å². The first-order valence-electron chi connectivity index (χ1n) is 10.7. The van der Waals surface area contributed by atoms with Crippen LogP contribution in [0.3, 0.4) is 0 Å². The lowest BCUT2D eigenvalue weighted by Crippen LogP contribution is -2.34. The summed E-state index contributed by atoms with van der Waals surface area (Å²) in [5.74, 6) is -0.266. The molecular weight excluding hydrogens is 447 g/mol. The Hall–Kier alpha value is -3.01. The molecule has 8 nitrogen and oxygen atoms in total. The first-order valence-corrected chi connectivity index (χ1v) is 11.0. The molecule has 0 radical (unpaired) electrons. The third kappa shape index (κ3) is 3.56. The molecule has 4 atom stereocenters. The number of halogens is 2. The average Bonchev–Trinajstić information content (AvgIpc) is 3.30. The fraction of sp³-hybridized carbons (Fsp3) is 0.348. The van der Waals surface area contributed by atoms with Gasteiger partial charge in [-0.3, -0.25) is 0 Å². The summed E-state index contributed by atoms with van der Waals surface area (Å²) >= 11 is 5.97. The second-order valence-electron chi connectivity index (χ2n) is 9.10. The van der Waals surface area contributed by atoms with Crippen molar-refractivity contribution in [3.8, 4) is 0 Å². The van der Waals surface area contributed by atoms with Crippen molar-refractivity contribution in [2.75, 3.05) is 11.5 Å². The quantitative estimate of drug-likeness (QED) is 0.360. The van der Waals surface area contributed by atoms with Crippen LogP contribution in [0.2, 0.25) is 5.02 Å². The van der Waals surface area contributed by atoms with Crippen LogP contribution in [0.1, 0.15) is 36.9 Å². The zero-order chi connectivity index (χ0) is 23.5. The van der Waals surface area contributed by atoms with Gasteiger partial charge in [0, 0.05) is 17.0 Å². The van der Waals surface area contributed by atoms with E-state index in [0.717, 1.165) is 11.3 Å². The highest BCUT2D eigenvalue weighted by Crippen LogP contribution is 2.49. The summed E-state index contributed by atoms with van der Waals surface area (Å²) in [7, 11) is 0. The lowest BCUT2D eigenvalue weighted by atomic mass is 9.80. The standard InChI is InChI=1S/C23H24ClFN6O2/c1-23(5-4-11-6-15(25)12-8-14(24)21(26)30-16(12)7-11)9-13(19(32)20(23)33)17-2-3-18-22(27)28-10-29-31(17)18/h2-3,6-8,10,13,19-20,32-33H,4-5,9H2,1H3,(H2,26,30)(H2,27,28,29)/t13-,19-,20-,23-/m0/s1. The molecule has 5 rings (SSSR count). The molecule has 0 spiro atoms. The molecule has 0 bridgehead atoms. The minimum atomic E-state index is -0.971. The number of hydrogen-bond acceptors (Lipinski definition) is 7. The molecule has 33 heavy (non-hydrogen) atoms. The fourth-order valence-electron chi connectivity index (χ4n) is 5.01. The Bertz CT molecular complexity index is 1380. The minimum absolute atomic E-state index is 0.147. The van der Waals surface area contributed by atoms with E-state index in [4.69, 9.17) is 23.1 Å². The molecule has 0 saturated heterocycles. The van der Waals surface area contributed by atoms with Gasteiger partial charge in [-0.2, -0.15) is 5.10 Å². The molecule has 1 fully saturated rings. The number of nitrogens with two attached hydrogens (primary N) is 2. The third-order valence-corrected chi connectivity index (χ3v) is 7.24. The lowest BCUT2D eigenvalue weighted by Gasteiger charge is -2.28. The maximum atomic E-state index is 14.7. The van der Waals surface area contributed by atoms with Crippen molar-refractivity contribution in [2.45, 2.75) is 44.3 Å². The number of nitrogen functional groups attached to an aromatic ring is 2. The molecule has 1 aliphatic rings. The Labute approximate surface area is 194 Å². The van der Waals surface area contributed by atoms with Crippen molar-refractivity contribution >= 4 is 39.7 Å². The van der Waals surface area contributed by atoms with Gasteiger partial charge in [0.15, 0.2) is 5.82 Å². The smallest absolute Gasteiger partial charge is 0.151 e. The molecule has 3 heterocycles. The number of rotatable bonds is 4. The Kier molecular flexibility index (Phi) is 5.15. The summed E-state index contributed by atoms with van der Waals surface area (Å²) in [6.07, 6.45) is 1.00. The van der Waals surface area contributed by atoms with Crippen LogP contribution >= 0.6 is 11.6 Å². The molecule has 1 saturated carbocycles. The second kappa shape index (κ2) is 7.79. The topological polar surface area (TPSA) is 136 Å². The Morgan fingerprint density at radius 3 is 2.79 bits per heavy atom. The molecule has 10 heteroatoms. The monoisotopic (exact) mass is 470 g/mol. The van der Waals surface area contributed by atoms with E-state index in [-0.39, 0.29) is 16.8 Å². The van der Waals surface area contributed by atoms with Crippen molar-refractivity contribution in [1.29, 1.82) is 0 Å². The number of pyridine rings is 1. The number of aromatic nitrogens is 4. The molecule has 6 N–H and O–H groups in total. The lowest BCUT2D eigenvalue weighted by molar-refractivity contribution is -0.0204. The number of fused-ring (bicyclic) bond motifs is 2. The molecule has 0 unspecified atom stereocenters. The van der Waals surface area contributed by atoms with Gasteiger partial charge < -0.3 is 21.7 Å². The van der Waals surface area contributed by atoms with Gasteiger partial charge in [0.1, 0.15) is 23.5 Å². The molecule has 0 amide bonds. The number of aliphatic hydroxyl groups excluding tert-OH is 2. The number of aliphatic hydroxyl groups is 2. The summed E-state index contributed by atoms with van der Waals surface area (Å²) in [5, 5.41) is 26.6. The van der Waals surface area contributed by atoms with Gasteiger partial charge in [0.25, 0.3) is 0 Å². The number of anilines is 2. The Morgan fingerprint density at radius 1 is 1.21 bits per heavy atom. The van der Waals surface area contributed by atoms with Crippen LogP contribution in [0.15, 0.2) is 36.7 Å². The number of nitrogens with zero attached hydrogens (tertiary/aromatic N) is 4. The van der Waals surface area contributed by atoms with Gasteiger partial charge in [-0.05, 0) is 60.6 Å². The predicted molar refractivity (Wildman–Crippen MR) is 124 cm³/mol. The van der Waals surface area contributed by atoms with Crippen molar-refractivity contribution in [1.82, 2.24) is 19.6 Å². The zero-order valence-electron chi connectivity index (χ0n) is 17.9. The maximum Gasteiger partial charge on any atom is 0.151 e. The van der Waals surface area contributed by atoms with Gasteiger partial charge in [0.05, 0.1) is 22.7 Å². The van der Waals surface area contributed by atoms with Gasteiger partial charge in [0.2, 0.25) is 0 Å². The normalized spacial score (nSPS) is 25.3. The molecule has 3 aromatic heterocycles. The summed E-state index contributed by atoms with van der Waals surface area (Å²) in [5.41, 5.74) is 13.7. The van der Waals surface area contributed by atoms with E-state index in [1.54, 1.807) is 10.6 Å². The first-order chi connectivity index (χ1) is 15.7. The Balaban J connectivity index is 1.40. The third-order valence-electron chi connectivity index (χ3n) is 6.94. The van der Waals surface area contributed by atoms with Crippen molar-refractivity contribution < 1.29 is 14.6 Å². The number of benzene rings is 1. The van der Waals surface area contributed by atoms with E-state index in [1.165, 1.54) is 18.5 Å². The van der Waals surface area contributed by atoms with Gasteiger partial charge >= 0.3 is 0 Å². The Morgan fingerprint density at radius 2 is 2.00 bits per heavy atom. The maximum absolute atomic E-state index is 14.7. The predicted octanol–water partition coefficient (Wildman–Crippen LogP) is 3.08. The van der Waals surface area contributed by atoms with Crippen molar-refractivity contribution in [2.24, 2.45) is 5.41 Å². The first kappa shape index (κ1) is 21.8. The summed E-state index contributed by atoms with van der Waals surface area (Å²) in [6.45, 7) is 1.94.